The molecular formula is C11H12FN3O. The SMILES string of the molecule is CCOc1c(F)cccc1-n1ccc(N)n1. The van der Waals surface area contributed by atoms with Crippen LogP contribution < -0.4 is 10.5 Å². The van der Waals surface area contributed by atoms with Crippen LogP contribution in [0.2, 0.25) is 0 Å². The van der Waals surface area contributed by atoms with E-state index in [1.54, 1.807) is 31.3 Å². The molecule has 0 atom stereocenters. The zero-order valence-electron chi connectivity index (χ0n) is 8.85. The van der Waals surface area contributed by atoms with Crippen LogP contribution in [0.5, 0.6) is 5.75 Å². The van der Waals surface area contributed by atoms with E-state index in [1.807, 2.05) is 0 Å². The Balaban J connectivity index is 2.51. The number of nitrogen functional groups attached to an aromatic ring is 1. The van der Waals surface area contributed by atoms with Gasteiger partial charge in [-0.05, 0) is 19.1 Å². The lowest BCUT2D eigenvalue weighted by Crippen LogP contribution is -2.03. The fourth-order valence-electron chi connectivity index (χ4n) is 1.44. The van der Waals surface area contributed by atoms with Crippen molar-refractivity contribution in [2.75, 3.05) is 12.3 Å². The van der Waals surface area contributed by atoms with E-state index in [0.29, 0.717) is 18.1 Å². The Morgan fingerprint density at radius 2 is 2.25 bits per heavy atom. The third-order valence-corrected chi connectivity index (χ3v) is 2.09. The summed E-state index contributed by atoms with van der Waals surface area (Å²) in [6.45, 7) is 2.19. The topological polar surface area (TPSA) is 53.1 Å². The quantitative estimate of drug-likeness (QED) is 0.862. The molecule has 1 heterocycles. The van der Waals surface area contributed by atoms with Gasteiger partial charge in [-0.1, -0.05) is 6.07 Å². The Morgan fingerprint density at radius 3 is 2.88 bits per heavy atom. The van der Waals surface area contributed by atoms with E-state index in [0.717, 1.165) is 0 Å². The highest BCUT2D eigenvalue weighted by Gasteiger charge is 2.11. The van der Waals surface area contributed by atoms with Crippen LogP contribution in [0.15, 0.2) is 30.5 Å². The molecule has 0 saturated carbocycles. The first-order chi connectivity index (χ1) is 7.72. The molecule has 0 unspecified atom stereocenters. The van der Waals surface area contributed by atoms with Crippen LogP contribution in [0.1, 0.15) is 6.92 Å². The molecule has 84 valence electrons. The Labute approximate surface area is 92.4 Å². The van der Waals surface area contributed by atoms with Gasteiger partial charge in [0.15, 0.2) is 11.6 Å². The first-order valence-corrected chi connectivity index (χ1v) is 4.95. The van der Waals surface area contributed by atoms with Crippen molar-refractivity contribution in [3.8, 4) is 11.4 Å². The van der Waals surface area contributed by atoms with E-state index in [4.69, 9.17) is 10.5 Å². The second-order valence-corrected chi connectivity index (χ2v) is 3.21. The number of hydrogen-bond acceptors (Lipinski definition) is 3. The molecule has 16 heavy (non-hydrogen) atoms. The van der Waals surface area contributed by atoms with Gasteiger partial charge in [-0.25, -0.2) is 9.07 Å². The zero-order valence-corrected chi connectivity index (χ0v) is 8.85. The number of benzene rings is 1. The van der Waals surface area contributed by atoms with Crippen molar-refractivity contribution >= 4 is 5.82 Å². The minimum absolute atomic E-state index is 0.188. The summed E-state index contributed by atoms with van der Waals surface area (Å²) in [5, 5.41) is 4.01. The van der Waals surface area contributed by atoms with Gasteiger partial charge in [-0.3, -0.25) is 0 Å². The maximum absolute atomic E-state index is 13.5. The minimum atomic E-state index is -0.409. The van der Waals surface area contributed by atoms with E-state index < -0.39 is 5.82 Å². The largest absolute Gasteiger partial charge is 0.489 e. The van der Waals surface area contributed by atoms with Crippen LogP contribution in [-0.2, 0) is 0 Å². The smallest absolute Gasteiger partial charge is 0.180 e. The third kappa shape index (κ3) is 1.84. The Hall–Kier alpha value is -2.04. The molecule has 0 bridgehead atoms. The number of anilines is 1. The second-order valence-electron chi connectivity index (χ2n) is 3.21. The van der Waals surface area contributed by atoms with Crippen LogP contribution in [0.3, 0.4) is 0 Å². The Morgan fingerprint density at radius 1 is 1.44 bits per heavy atom. The Kier molecular flexibility index (Phi) is 2.76. The summed E-state index contributed by atoms with van der Waals surface area (Å²) in [5.74, 6) is 0.160. The highest BCUT2D eigenvalue weighted by molar-refractivity contribution is 5.48. The summed E-state index contributed by atoms with van der Waals surface area (Å²) in [6, 6.07) is 6.31. The first kappa shape index (κ1) is 10.5. The van der Waals surface area contributed by atoms with Crippen LogP contribution >= 0.6 is 0 Å². The summed E-state index contributed by atoms with van der Waals surface area (Å²) in [4.78, 5) is 0. The average molecular weight is 221 g/mol. The molecule has 0 saturated heterocycles. The van der Waals surface area contributed by atoms with Crippen molar-refractivity contribution in [2.24, 2.45) is 0 Å². The van der Waals surface area contributed by atoms with Gasteiger partial charge < -0.3 is 10.5 Å². The van der Waals surface area contributed by atoms with Gasteiger partial charge in [0.05, 0.1) is 6.61 Å². The third-order valence-electron chi connectivity index (χ3n) is 2.09. The van der Waals surface area contributed by atoms with Gasteiger partial charge >= 0.3 is 0 Å². The molecule has 1 aromatic heterocycles. The lowest BCUT2D eigenvalue weighted by Gasteiger charge is -2.10. The van der Waals surface area contributed by atoms with Crippen molar-refractivity contribution in [3.05, 3.63) is 36.3 Å². The van der Waals surface area contributed by atoms with Gasteiger partial charge in [0.2, 0.25) is 0 Å². The molecule has 0 spiro atoms. The molecule has 0 radical (unpaired) electrons. The lowest BCUT2D eigenvalue weighted by molar-refractivity contribution is 0.319. The van der Waals surface area contributed by atoms with Crippen LogP contribution in [0.4, 0.5) is 10.2 Å². The normalized spacial score (nSPS) is 10.4. The van der Waals surface area contributed by atoms with Gasteiger partial charge in [0.1, 0.15) is 11.5 Å². The number of para-hydroxylation sites is 1. The maximum Gasteiger partial charge on any atom is 0.180 e. The van der Waals surface area contributed by atoms with Crippen molar-refractivity contribution in [2.45, 2.75) is 6.92 Å². The van der Waals surface area contributed by atoms with Crippen LogP contribution in [0.25, 0.3) is 5.69 Å². The van der Waals surface area contributed by atoms with E-state index in [1.165, 1.54) is 10.7 Å². The molecule has 1 aromatic carbocycles. The molecule has 0 aliphatic heterocycles. The van der Waals surface area contributed by atoms with Crippen LogP contribution in [0, 0.1) is 5.82 Å². The first-order valence-electron chi connectivity index (χ1n) is 4.95. The number of hydrogen-bond donors (Lipinski definition) is 1. The van der Waals surface area contributed by atoms with E-state index in [9.17, 15) is 4.39 Å². The van der Waals surface area contributed by atoms with E-state index in [-0.39, 0.29) is 5.75 Å². The molecule has 2 aromatic rings. The monoisotopic (exact) mass is 221 g/mol. The van der Waals surface area contributed by atoms with E-state index in [2.05, 4.69) is 5.10 Å². The summed E-state index contributed by atoms with van der Waals surface area (Å²) >= 11 is 0. The fourth-order valence-corrected chi connectivity index (χ4v) is 1.44. The van der Waals surface area contributed by atoms with Gasteiger partial charge in [-0.2, -0.15) is 5.10 Å². The van der Waals surface area contributed by atoms with Gasteiger partial charge in [0.25, 0.3) is 0 Å². The summed E-state index contributed by atoms with van der Waals surface area (Å²) < 4.78 is 20.3. The zero-order chi connectivity index (χ0) is 11.5. The van der Waals surface area contributed by atoms with Crippen LogP contribution in [-0.4, -0.2) is 16.4 Å². The molecule has 5 heteroatoms. The predicted molar refractivity (Wildman–Crippen MR) is 59.1 cm³/mol. The van der Waals surface area contributed by atoms with Crippen molar-refractivity contribution in [1.29, 1.82) is 0 Å². The molecule has 4 nitrogen and oxygen atoms in total. The maximum atomic E-state index is 13.5. The number of halogens is 1. The molecular weight excluding hydrogens is 209 g/mol. The number of nitrogens with zero attached hydrogens (tertiary/aromatic N) is 2. The van der Waals surface area contributed by atoms with Crippen molar-refractivity contribution < 1.29 is 9.13 Å². The second kappa shape index (κ2) is 4.22. The number of nitrogens with two attached hydrogens (primary N) is 1. The standard InChI is InChI=1S/C11H12FN3O/c1-2-16-11-8(12)4-3-5-9(11)15-7-6-10(13)14-15/h3-7H,2H2,1H3,(H2,13,14). The fraction of sp³-hybridized carbons (Fsp3) is 0.182. The van der Waals surface area contributed by atoms with Crippen molar-refractivity contribution in [1.82, 2.24) is 9.78 Å². The number of rotatable bonds is 3. The molecule has 2 rings (SSSR count). The molecule has 0 aliphatic carbocycles. The predicted octanol–water partition coefficient (Wildman–Crippen LogP) is 1.99. The highest BCUT2D eigenvalue weighted by atomic mass is 19.1. The molecule has 0 amide bonds. The van der Waals surface area contributed by atoms with Crippen molar-refractivity contribution in [3.63, 3.8) is 0 Å². The van der Waals surface area contributed by atoms with Gasteiger partial charge in [-0.15, -0.1) is 0 Å². The average Bonchev–Trinajstić information content (AvgIpc) is 2.68. The summed E-state index contributed by atoms with van der Waals surface area (Å²) in [6.07, 6.45) is 1.66. The minimum Gasteiger partial charge on any atom is -0.489 e. The highest BCUT2D eigenvalue weighted by Crippen LogP contribution is 2.26. The summed E-state index contributed by atoms with van der Waals surface area (Å²) in [7, 11) is 0. The lowest BCUT2D eigenvalue weighted by atomic mass is 10.3. The molecule has 0 aliphatic rings. The van der Waals surface area contributed by atoms with E-state index >= 15 is 0 Å². The van der Waals surface area contributed by atoms with Gasteiger partial charge in [0, 0.05) is 12.3 Å². The molecule has 0 fully saturated rings. The number of aromatic nitrogens is 2. The number of ether oxygens (including phenoxy) is 1. The Bertz CT molecular complexity index is 496. The molecule has 2 N–H and O–H groups in total. The summed E-state index contributed by atoms with van der Waals surface area (Å²) in [5.41, 5.74) is 6.05.